The Balaban J connectivity index is 2.58. The first-order chi connectivity index (χ1) is 9.58. The number of nitrogens with zero attached hydrogens (tertiary/aromatic N) is 1. The zero-order chi connectivity index (χ0) is 14.7. The SMILES string of the molecule is CCOC(=O)c1cnc2ccc(C(=O)NC)cc2c1Cl. The van der Waals surface area contributed by atoms with Gasteiger partial charge in [-0.3, -0.25) is 9.78 Å². The number of fused-ring (bicyclic) bond motifs is 1. The van der Waals surface area contributed by atoms with Crippen LogP contribution in [-0.2, 0) is 4.74 Å². The summed E-state index contributed by atoms with van der Waals surface area (Å²) < 4.78 is 4.91. The first-order valence-corrected chi connectivity index (χ1v) is 6.43. The maximum Gasteiger partial charge on any atom is 0.341 e. The van der Waals surface area contributed by atoms with Gasteiger partial charge in [0.15, 0.2) is 0 Å². The van der Waals surface area contributed by atoms with Gasteiger partial charge in [-0.2, -0.15) is 0 Å². The first-order valence-electron chi connectivity index (χ1n) is 6.06. The number of carbonyl (C=O) groups excluding carboxylic acids is 2. The summed E-state index contributed by atoms with van der Waals surface area (Å²) in [7, 11) is 1.54. The molecule has 0 saturated heterocycles. The van der Waals surface area contributed by atoms with Crippen LogP contribution in [0.5, 0.6) is 0 Å². The molecular formula is C14H13ClN2O3. The van der Waals surface area contributed by atoms with Crippen molar-refractivity contribution in [2.24, 2.45) is 0 Å². The molecule has 20 heavy (non-hydrogen) atoms. The summed E-state index contributed by atoms with van der Waals surface area (Å²) >= 11 is 6.22. The lowest BCUT2D eigenvalue weighted by molar-refractivity contribution is 0.0526. The van der Waals surface area contributed by atoms with Gasteiger partial charge in [-0.15, -0.1) is 0 Å². The molecule has 0 unspecified atom stereocenters. The molecule has 5 nitrogen and oxygen atoms in total. The third kappa shape index (κ3) is 2.58. The van der Waals surface area contributed by atoms with Crippen LogP contribution in [0.3, 0.4) is 0 Å². The molecule has 0 aliphatic rings. The molecule has 2 aromatic rings. The van der Waals surface area contributed by atoms with Gasteiger partial charge < -0.3 is 10.1 Å². The van der Waals surface area contributed by atoms with Gasteiger partial charge in [0, 0.05) is 24.2 Å². The highest BCUT2D eigenvalue weighted by atomic mass is 35.5. The second-order valence-corrected chi connectivity index (χ2v) is 4.40. The Labute approximate surface area is 120 Å². The van der Waals surface area contributed by atoms with E-state index in [9.17, 15) is 9.59 Å². The molecule has 6 heteroatoms. The smallest absolute Gasteiger partial charge is 0.341 e. The number of ether oxygens (including phenoxy) is 1. The van der Waals surface area contributed by atoms with Gasteiger partial charge in [-0.05, 0) is 25.1 Å². The van der Waals surface area contributed by atoms with Crippen LogP contribution in [-0.4, -0.2) is 30.5 Å². The fourth-order valence-electron chi connectivity index (χ4n) is 1.80. The van der Waals surface area contributed by atoms with Crippen LogP contribution in [0.25, 0.3) is 10.9 Å². The summed E-state index contributed by atoms with van der Waals surface area (Å²) in [5.41, 5.74) is 1.25. The highest BCUT2D eigenvalue weighted by Crippen LogP contribution is 2.27. The number of esters is 1. The van der Waals surface area contributed by atoms with E-state index in [1.807, 2.05) is 0 Å². The van der Waals surface area contributed by atoms with E-state index in [4.69, 9.17) is 16.3 Å². The average molecular weight is 293 g/mol. The average Bonchev–Trinajstić information content (AvgIpc) is 2.46. The number of carbonyl (C=O) groups is 2. The molecule has 1 amide bonds. The van der Waals surface area contributed by atoms with Gasteiger partial charge in [0.25, 0.3) is 5.91 Å². The van der Waals surface area contributed by atoms with E-state index in [1.54, 1.807) is 32.2 Å². The fraction of sp³-hybridized carbons (Fsp3) is 0.214. The number of benzene rings is 1. The molecule has 0 atom stereocenters. The molecule has 1 heterocycles. The van der Waals surface area contributed by atoms with Crippen LogP contribution in [0.2, 0.25) is 5.02 Å². The summed E-state index contributed by atoms with van der Waals surface area (Å²) in [6.07, 6.45) is 1.38. The number of hydrogen-bond donors (Lipinski definition) is 1. The second kappa shape index (κ2) is 5.88. The monoisotopic (exact) mass is 292 g/mol. The summed E-state index contributed by atoms with van der Waals surface area (Å²) in [6, 6.07) is 4.93. The van der Waals surface area contributed by atoms with E-state index >= 15 is 0 Å². The molecule has 0 radical (unpaired) electrons. The van der Waals surface area contributed by atoms with Crippen molar-refractivity contribution in [2.75, 3.05) is 13.7 Å². The minimum Gasteiger partial charge on any atom is -0.462 e. The predicted molar refractivity (Wildman–Crippen MR) is 76.1 cm³/mol. The van der Waals surface area contributed by atoms with E-state index in [1.165, 1.54) is 6.20 Å². The Bertz CT molecular complexity index is 685. The lowest BCUT2D eigenvalue weighted by Crippen LogP contribution is -2.17. The van der Waals surface area contributed by atoms with E-state index in [0.29, 0.717) is 16.5 Å². The van der Waals surface area contributed by atoms with E-state index < -0.39 is 5.97 Å². The highest BCUT2D eigenvalue weighted by molar-refractivity contribution is 6.38. The van der Waals surface area contributed by atoms with Crippen molar-refractivity contribution in [1.29, 1.82) is 0 Å². The molecule has 0 spiro atoms. The number of pyridine rings is 1. The van der Waals surface area contributed by atoms with Crippen LogP contribution in [0.1, 0.15) is 27.6 Å². The first kappa shape index (κ1) is 14.3. The van der Waals surface area contributed by atoms with Gasteiger partial charge in [0.05, 0.1) is 22.7 Å². The van der Waals surface area contributed by atoms with Crippen LogP contribution in [0, 0.1) is 0 Å². The van der Waals surface area contributed by atoms with E-state index in [2.05, 4.69) is 10.3 Å². The van der Waals surface area contributed by atoms with Gasteiger partial charge in [0.1, 0.15) is 0 Å². The molecule has 1 aromatic heterocycles. The zero-order valence-corrected chi connectivity index (χ0v) is 11.8. The molecule has 2 rings (SSSR count). The van der Waals surface area contributed by atoms with Crippen molar-refractivity contribution in [3.8, 4) is 0 Å². The zero-order valence-electron chi connectivity index (χ0n) is 11.1. The maximum absolute atomic E-state index is 11.8. The number of halogens is 1. The van der Waals surface area contributed by atoms with Gasteiger partial charge in [0.2, 0.25) is 0 Å². The molecule has 1 N–H and O–H groups in total. The Hall–Kier alpha value is -2.14. The maximum atomic E-state index is 11.8. The normalized spacial score (nSPS) is 10.3. The Morgan fingerprint density at radius 3 is 2.80 bits per heavy atom. The Kier molecular flexibility index (Phi) is 4.20. The van der Waals surface area contributed by atoms with Crippen LogP contribution in [0.4, 0.5) is 0 Å². The quantitative estimate of drug-likeness (QED) is 0.882. The van der Waals surface area contributed by atoms with Crippen molar-refractivity contribution < 1.29 is 14.3 Å². The van der Waals surface area contributed by atoms with Gasteiger partial charge in [-0.1, -0.05) is 11.6 Å². The number of rotatable bonds is 3. The largest absolute Gasteiger partial charge is 0.462 e. The predicted octanol–water partition coefficient (Wildman–Crippen LogP) is 2.42. The third-order valence-corrected chi connectivity index (χ3v) is 3.19. The van der Waals surface area contributed by atoms with Crippen molar-refractivity contribution in [3.63, 3.8) is 0 Å². The van der Waals surface area contributed by atoms with E-state index in [0.717, 1.165) is 0 Å². The second-order valence-electron chi connectivity index (χ2n) is 4.02. The molecule has 0 saturated carbocycles. The van der Waals surface area contributed by atoms with Gasteiger partial charge >= 0.3 is 5.97 Å². The summed E-state index contributed by atoms with van der Waals surface area (Å²) in [5.74, 6) is -0.762. The minimum atomic E-state index is -0.530. The molecule has 1 aromatic carbocycles. The lowest BCUT2D eigenvalue weighted by atomic mass is 10.1. The van der Waals surface area contributed by atoms with Crippen molar-refractivity contribution in [2.45, 2.75) is 6.92 Å². The highest BCUT2D eigenvalue weighted by Gasteiger charge is 2.16. The standard InChI is InChI=1S/C14H13ClN2O3/c1-3-20-14(19)10-7-17-11-5-4-8(13(18)16-2)6-9(11)12(10)15/h4-7H,3H2,1-2H3,(H,16,18). The minimum absolute atomic E-state index is 0.190. The molecule has 0 fully saturated rings. The third-order valence-electron chi connectivity index (χ3n) is 2.79. The Morgan fingerprint density at radius 1 is 1.40 bits per heavy atom. The topological polar surface area (TPSA) is 68.3 Å². The van der Waals surface area contributed by atoms with Crippen molar-refractivity contribution >= 4 is 34.4 Å². The number of hydrogen-bond acceptors (Lipinski definition) is 4. The van der Waals surface area contributed by atoms with Gasteiger partial charge in [-0.25, -0.2) is 4.79 Å². The number of aromatic nitrogens is 1. The Morgan fingerprint density at radius 2 is 2.15 bits per heavy atom. The van der Waals surface area contributed by atoms with Crippen LogP contribution < -0.4 is 5.32 Å². The summed E-state index contributed by atoms with van der Waals surface area (Å²) in [5, 5.41) is 3.30. The van der Waals surface area contributed by atoms with Crippen LogP contribution >= 0.6 is 11.6 Å². The van der Waals surface area contributed by atoms with Crippen molar-refractivity contribution in [3.05, 3.63) is 40.5 Å². The number of amides is 1. The summed E-state index contributed by atoms with van der Waals surface area (Å²) in [4.78, 5) is 27.5. The lowest BCUT2D eigenvalue weighted by Gasteiger charge is -2.08. The molecule has 0 aliphatic carbocycles. The molecule has 0 aliphatic heterocycles. The molecular weight excluding hydrogens is 280 g/mol. The number of nitrogens with one attached hydrogen (secondary N) is 1. The molecule has 104 valence electrons. The van der Waals surface area contributed by atoms with E-state index in [-0.39, 0.29) is 23.1 Å². The van der Waals surface area contributed by atoms with Crippen molar-refractivity contribution in [1.82, 2.24) is 10.3 Å². The molecule has 0 bridgehead atoms. The van der Waals surface area contributed by atoms with Crippen LogP contribution in [0.15, 0.2) is 24.4 Å². The fourth-order valence-corrected chi connectivity index (χ4v) is 2.07. The summed E-state index contributed by atoms with van der Waals surface area (Å²) in [6.45, 7) is 1.97.